The van der Waals surface area contributed by atoms with E-state index >= 15 is 0 Å². The maximum absolute atomic E-state index is 15.0. The van der Waals surface area contributed by atoms with Gasteiger partial charge in [0, 0.05) is 38.1 Å². The number of carboxylic acid groups (broad SMARTS) is 1. The molecular weight excluding hydrogens is 439 g/mol. The molecule has 0 radical (unpaired) electrons. The molecule has 9 heteroatoms. The summed E-state index contributed by atoms with van der Waals surface area (Å²) < 4.78 is 15.0. The van der Waals surface area contributed by atoms with E-state index in [0.29, 0.717) is 29.6 Å². The number of rotatable bonds is 6. The molecule has 1 aromatic carbocycles. The average Bonchev–Trinajstić information content (AvgIpc) is 2.80. The molecule has 186 valence electrons. The van der Waals surface area contributed by atoms with Crippen LogP contribution in [0.4, 0.5) is 14.9 Å². The highest BCUT2D eigenvalue weighted by Gasteiger charge is 2.30. The van der Waals surface area contributed by atoms with Crippen LogP contribution in [0.5, 0.6) is 0 Å². The number of benzene rings is 1. The van der Waals surface area contributed by atoms with Crippen molar-refractivity contribution in [3.05, 3.63) is 29.6 Å². The minimum Gasteiger partial charge on any atom is -0.465 e. The SMILES string of the molecule is CN(CC1CCC(NC(=O)O)CC1)C1CCN(c2ccc(C3CCC(=O)NC3=O)cc2F)CC1. The van der Waals surface area contributed by atoms with E-state index in [4.69, 9.17) is 5.11 Å². The van der Waals surface area contributed by atoms with Crippen molar-refractivity contribution in [3.8, 4) is 0 Å². The number of nitrogens with one attached hydrogen (secondary N) is 2. The highest BCUT2D eigenvalue weighted by atomic mass is 19.1. The van der Waals surface area contributed by atoms with E-state index in [9.17, 15) is 18.8 Å². The Hall–Kier alpha value is -2.68. The van der Waals surface area contributed by atoms with Gasteiger partial charge in [0.25, 0.3) is 0 Å². The molecule has 2 saturated heterocycles. The molecule has 1 saturated carbocycles. The van der Waals surface area contributed by atoms with Gasteiger partial charge in [-0.25, -0.2) is 9.18 Å². The van der Waals surface area contributed by atoms with Gasteiger partial charge in [0.1, 0.15) is 5.82 Å². The maximum atomic E-state index is 15.0. The van der Waals surface area contributed by atoms with Crippen LogP contribution in [-0.2, 0) is 9.59 Å². The third-order valence-corrected chi connectivity index (χ3v) is 7.76. The number of imide groups is 1. The van der Waals surface area contributed by atoms with Gasteiger partial charge in [-0.05, 0) is 75.6 Å². The molecule has 2 heterocycles. The second kappa shape index (κ2) is 10.7. The Labute approximate surface area is 199 Å². The van der Waals surface area contributed by atoms with Gasteiger partial charge in [0.15, 0.2) is 0 Å². The molecule has 1 aromatic rings. The lowest BCUT2D eigenvalue weighted by atomic mass is 9.85. The minimum atomic E-state index is -0.936. The Morgan fingerprint density at radius 2 is 1.85 bits per heavy atom. The van der Waals surface area contributed by atoms with Crippen LogP contribution in [0.1, 0.15) is 62.8 Å². The zero-order chi connectivity index (χ0) is 24.2. The Morgan fingerprint density at radius 3 is 2.47 bits per heavy atom. The number of carbonyl (C=O) groups is 3. The standard InChI is InChI=1S/C25H35FN4O4/c1-29(15-16-2-5-18(6-3-16)27-25(33)34)19-10-12-30(13-11-19)22-8-4-17(14-21(22)26)20-7-9-23(31)28-24(20)32/h4,8,14,16,18-20,27H,2-3,5-7,9-13,15H2,1H3,(H,33,34)(H,28,31,32). The molecule has 3 amide bonds. The molecular formula is C25H35FN4O4. The first-order valence-corrected chi connectivity index (χ1v) is 12.4. The maximum Gasteiger partial charge on any atom is 0.404 e. The second-order valence-electron chi connectivity index (χ2n) is 10.0. The summed E-state index contributed by atoms with van der Waals surface area (Å²) in [6.45, 7) is 2.57. The quantitative estimate of drug-likeness (QED) is 0.548. The van der Waals surface area contributed by atoms with E-state index < -0.39 is 12.0 Å². The summed E-state index contributed by atoms with van der Waals surface area (Å²) in [7, 11) is 2.16. The normalized spacial score (nSPS) is 26.4. The van der Waals surface area contributed by atoms with Gasteiger partial charge in [0.05, 0.1) is 11.6 Å². The number of nitrogens with zero attached hydrogens (tertiary/aromatic N) is 2. The topological polar surface area (TPSA) is 102 Å². The lowest BCUT2D eigenvalue weighted by molar-refractivity contribution is -0.134. The van der Waals surface area contributed by atoms with Crippen LogP contribution in [0.2, 0.25) is 0 Å². The van der Waals surface area contributed by atoms with Crippen molar-refractivity contribution < 1.29 is 23.9 Å². The number of carbonyl (C=O) groups excluding carboxylic acids is 2. The summed E-state index contributed by atoms with van der Waals surface area (Å²) in [5.74, 6) is -0.823. The summed E-state index contributed by atoms with van der Waals surface area (Å²) in [6.07, 6.45) is 5.56. The lowest BCUT2D eigenvalue weighted by Gasteiger charge is -2.40. The first-order chi connectivity index (χ1) is 16.3. The third kappa shape index (κ3) is 5.87. The number of amides is 3. The number of hydrogen-bond donors (Lipinski definition) is 3. The predicted molar refractivity (Wildman–Crippen MR) is 126 cm³/mol. The van der Waals surface area contributed by atoms with Crippen molar-refractivity contribution in [1.82, 2.24) is 15.5 Å². The zero-order valence-corrected chi connectivity index (χ0v) is 19.8. The monoisotopic (exact) mass is 474 g/mol. The molecule has 3 fully saturated rings. The van der Waals surface area contributed by atoms with Crippen molar-refractivity contribution in [3.63, 3.8) is 0 Å². The molecule has 8 nitrogen and oxygen atoms in total. The largest absolute Gasteiger partial charge is 0.465 e. The Morgan fingerprint density at radius 1 is 1.15 bits per heavy atom. The van der Waals surface area contributed by atoms with Gasteiger partial charge in [-0.15, -0.1) is 0 Å². The van der Waals surface area contributed by atoms with Crippen LogP contribution in [0.3, 0.4) is 0 Å². The number of halogens is 1. The lowest BCUT2D eigenvalue weighted by Crippen LogP contribution is -2.46. The van der Waals surface area contributed by atoms with E-state index in [1.54, 1.807) is 6.07 Å². The number of hydrogen-bond acceptors (Lipinski definition) is 5. The van der Waals surface area contributed by atoms with Gasteiger partial charge in [-0.3, -0.25) is 14.9 Å². The summed E-state index contributed by atoms with van der Waals surface area (Å²) in [5.41, 5.74) is 1.19. The Bertz CT molecular complexity index is 910. The minimum absolute atomic E-state index is 0.0820. The molecule has 1 aliphatic carbocycles. The predicted octanol–water partition coefficient (Wildman–Crippen LogP) is 3.07. The number of anilines is 1. The fraction of sp³-hybridized carbons (Fsp3) is 0.640. The first kappa shape index (κ1) is 24.4. The van der Waals surface area contributed by atoms with Crippen LogP contribution < -0.4 is 15.5 Å². The van der Waals surface area contributed by atoms with Crippen molar-refractivity contribution >= 4 is 23.6 Å². The molecule has 2 aliphatic heterocycles. The van der Waals surface area contributed by atoms with E-state index in [0.717, 1.165) is 58.2 Å². The third-order valence-electron chi connectivity index (χ3n) is 7.76. The molecule has 4 rings (SSSR count). The molecule has 34 heavy (non-hydrogen) atoms. The molecule has 1 atom stereocenters. The highest BCUT2D eigenvalue weighted by molar-refractivity contribution is 6.00. The summed E-state index contributed by atoms with van der Waals surface area (Å²) in [6, 6.07) is 5.56. The highest BCUT2D eigenvalue weighted by Crippen LogP contribution is 2.31. The van der Waals surface area contributed by atoms with E-state index in [2.05, 4.69) is 27.5 Å². The van der Waals surface area contributed by atoms with Crippen LogP contribution in [0.25, 0.3) is 0 Å². The smallest absolute Gasteiger partial charge is 0.404 e. The van der Waals surface area contributed by atoms with Gasteiger partial charge in [0.2, 0.25) is 11.8 Å². The van der Waals surface area contributed by atoms with Crippen molar-refractivity contribution in [1.29, 1.82) is 0 Å². The van der Waals surface area contributed by atoms with Crippen LogP contribution in [-0.4, -0.2) is 66.7 Å². The van der Waals surface area contributed by atoms with E-state index in [-0.39, 0.29) is 30.1 Å². The molecule has 0 aromatic heterocycles. The molecule has 0 bridgehead atoms. The molecule has 3 aliphatic rings. The van der Waals surface area contributed by atoms with Gasteiger partial charge < -0.3 is 20.2 Å². The average molecular weight is 475 g/mol. The summed E-state index contributed by atoms with van der Waals surface area (Å²) >= 11 is 0. The molecule has 3 N–H and O–H groups in total. The first-order valence-electron chi connectivity index (χ1n) is 12.4. The van der Waals surface area contributed by atoms with Crippen molar-refractivity contribution in [2.75, 3.05) is 31.6 Å². The van der Waals surface area contributed by atoms with Gasteiger partial charge in [-0.2, -0.15) is 0 Å². The van der Waals surface area contributed by atoms with E-state index in [1.807, 2.05) is 6.07 Å². The van der Waals surface area contributed by atoms with Crippen molar-refractivity contribution in [2.45, 2.75) is 69.4 Å². The Balaban J connectivity index is 1.26. The zero-order valence-electron chi connectivity index (χ0n) is 19.8. The summed E-state index contributed by atoms with van der Waals surface area (Å²) in [4.78, 5) is 38.8. The van der Waals surface area contributed by atoms with Crippen LogP contribution in [0.15, 0.2) is 18.2 Å². The Kier molecular flexibility index (Phi) is 7.70. The van der Waals surface area contributed by atoms with E-state index in [1.165, 1.54) is 6.07 Å². The fourth-order valence-corrected chi connectivity index (χ4v) is 5.78. The molecule has 1 unspecified atom stereocenters. The van der Waals surface area contributed by atoms with Gasteiger partial charge in [-0.1, -0.05) is 6.07 Å². The second-order valence-corrected chi connectivity index (χ2v) is 10.0. The fourth-order valence-electron chi connectivity index (χ4n) is 5.78. The summed E-state index contributed by atoms with van der Waals surface area (Å²) in [5, 5.41) is 13.8. The van der Waals surface area contributed by atoms with Crippen molar-refractivity contribution in [2.24, 2.45) is 5.92 Å². The van der Waals surface area contributed by atoms with Crippen LogP contribution in [0, 0.1) is 11.7 Å². The van der Waals surface area contributed by atoms with Gasteiger partial charge >= 0.3 is 6.09 Å². The molecule has 0 spiro atoms. The van der Waals surface area contributed by atoms with Crippen LogP contribution >= 0.6 is 0 Å². The number of piperidine rings is 2.